The van der Waals surface area contributed by atoms with Crippen LogP contribution in [0.1, 0.15) is 172 Å². The normalized spacial score (nSPS) is 11.5. The molecule has 8 heterocycles. The second-order valence-electron chi connectivity index (χ2n) is 30.0. The number of nitro groups is 2. The summed E-state index contributed by atoms with van der Waals surface area (Å²) in [5, 5.41) is 97.2. The van der Waals surface area contributed by atoms with Gasteiger partial charge < -0.3 is 48.5 Å². The number of nitriles is 2. The third-order valence-electron chi connectivity index (χ3n) is 19.6. The van der Waals surface area contributed by atoms with Gasteiger partial charge in [0.2, 0.25) is 0 Å². The van der Waals surface area contributed by atoms with E-state index in [1.807, 2.05) is 110 Å². The molecule has 8 aromatic heterocycles. The van der Waals surface area contributed by atoms with Gasteiger partial charge in [0.25, 0.3) is 23.2 Å². The molecule has 0 saturated heterocycles. The number of aromatic carboxylic acids is 1. The van der Waals surface area contributed by atoms with Crippen molar-refractivity contribution in [2.24, 2.45) is 5.92 Å². The molecule has 690 valence electrons. The summed E-state index contributed by atoms with van der Waals surface area (Å²) in [5.41, 5.74) is 19.0. The Bertz CT molecular complexity index is 6860. The number of aryl methyl sites for hydroxylation is 3. The summed E-state index contributed by atoms with van der Waals surface area (Å²) in [6.45, 7) is 19.0. The minimum absolute atomic E-state index is 0. The van der Waals surface area contributed by atoms with Gasteiger partial charge in [0, 0.05) is 77.9 Å². The number of non-ortho nitro benzene ring substituents is 2. The number of nitrogens with two attached hydrogens (primary N) is 1. The van der Waals surface area contributed by atoms with Crippen LogP contribution >= 0.6 is 15.9 Å². The number of carbonyl (C=O) groups is 4. The van der Waals surface area contributed by atoms with Crippen molar-refractivity contribution in [1.29, 1.82) is 10.5 Å². The fourth-order valence-electron chi connectivity index (χ4n) is 12.7. The van der Waals surface area contributed by atoms with Crippen molar-refractivity contribution in [1.82, 2.24) is 54.3 Å². The third-order valence-corrected chi connectivity index (χ3v) is 20.1. The number of ether oxygens (including phenoxy) is 1. The number of nitrogens with zero attached hydrogens (tertiary/aromatic N) is 16. The number of hydrogen-bond acceptors (Lipinski definition) is 23. The Kier molecular flexibility index (Phi) is 40.9. The van der Waals surface area contributed by atoms with E-state index in [1.165, 1.54) is 71.1 Å². The SMILES string of the molecule is Brc1ccccn1.Cc1cc(C(=O)Nc2cccc(C(O)c3ccccn3)c2)n(-c2cccc(C#N)c2)n1.Cc1cc(C(=O)O)n(-c2cccc(C#N)c2)n1.Nc1cccc(C(O)c2ccccn2)c1.O=Cc1cccc([N+](=O)[O-])c1.O=[N+]([O-])c1cccc(C(O)c2ccccn2)c1.[C-]#[N+]c1cccc(-n2nc(C)cc2C(=O)Nc2cccc(C(OCC3CC3)c3ccccn3)c2)c1.[CH2-]CCC.[Li+]. The molecule has 4 atom stereocenters. The Morgan fingerprint density at radius 3 is 1.32 bits per heavy atom. The van der Waals surface area contributed by atoms with Crippen molar-refractivity contribution in [2.75, 3.05) is 23.0 Å². The summed E-state index contributed by atoms with van der Waals surface area (Å²) < 4.78 is 11.6. The van der Waals surface area contributed by atoms with Crippen LogP contribution in [0.3, 0.4) is 0 Å². The van der Waals surface area contributed by atoms with E-state index in [0.29, 0.717) is 132 Å². The standard InChI is InChI=1S/C28H25N5O2.C24H19N5O2.C12H9N3O2.C12H10N2O3.C12H12N2O.C7H5NO3.C5H4BrN.C4H9.Li/c1-19-15-26(33(32-19)24-10-6-8-22(17-24)29-2)28(34)31-23-9-5-7-21(16-23)27(35-18-20-12-13-20)25-11-3-4-14-30-25;1-16-12-22(29(28-16)20-9-4-6-17(13-20)15-25)24(31)27-19-8-5-7-18(14-19)23(30)21-10-2-3-11-26-21;1-8-5-11(12(16)17)15(14-8)10-4-2-3-9(6-10)7-13;15-12(11-6-1-2-7-13-11)9-4-3-5-10(8-9)14(16)17;13-10-5-3-4-9(8-10)12(15)11-6-1-2-7-14-11;9-5-6-2-1-3-7(4-6)8(10)11;6-5-3-1-2-4-7-5;1-3-4-2;/h3-11,14-17,20,27H,12-13,18H2,1H3,(H,31,34);2-14,23,30H,1H3,(H,27,31);2-6H,1H3,(H,16,17);1-8,12,15H;1-8,12,15H,13H2;1-5H;1-4H;1,3-4H2,2H3;/q;;;;;;;-1;+1. The molecule has 17 rings (SSSR count). The maximum Gasteiger partial charge on any atom is 1.00 e. The number of hydrogen-bond donors (Lipinski definition) is 7. The van der Waals surface area contributed by atoms with Gasteiger partial charge >= 0.3 is 24.8 Å². The van der Waals surface area contributed by atoms with Crippen LogP contribution in [0.25, 0.3) is 21.9 Å². The summed E-state index contributed by atoms with van der Waals surface area (Å²) in [6.07, 6.45) is 10.7. The van der Waals surface area contributed by atoms with E-state index in [9.17, 15) is 54.7 Å². The molecule has 0 spiro atoms. The van der Waals surface area contributed by atoms with E-state index < -0.39 is 34.1 Å². The molecule has 1 aliphatic rings. The summed E-state index contributed by atoms with van der Waals surface area (Å²) >= 11 is 3.20. The number of halogens is 1. The van der Waals surface area contributed by atoms with Crippen molar-refractivity contribution < 1.29 is 73.0 Å². The summed E-state index contributed by atoms with van der Waals surface area (Å²) in [4.78, 5) is 91.4. The summed E-state index contributed by atoms with van der Waals surface area (Å²) in [5.74, 6) is -1.07. The molecule has 138 heavy (non-hydrogen) atoms. The average Bonchev–Trinajstić information content (AvgIpc) is 1.65. The smallest absolute Gasteiger partial charge is 0.477 e. The number of nitrogens with one attached hydrogen (secondary N) is 2. The van der Waals surface area contributed by atoms with Gasteiger partial charge in [0.05, 0.1) is 103 Å². The Balaban J connectivity index is 0.000000188. The molecule has 0 radical (unpaired) electrons. The monoisotopic (exact) mass is 1900 g/mol. The number of aliphatic hydroxyl groups excluding tert-OH is 3. The Labute approximate surface area is 816 Å². The largest absolute Gasteiger partial charge is 1.00 e. The number of nitro benzene ring substituents is 2. The van der Waals surface area contributed by atoms with Crippen LogP contribution in [-0.2, 0) is 4.74 Å². The van der Waals surface area contributed by atoms with Gasteiger partial charge in [-0.15, -0.1) is 0 Å². The molecule has 1 aliphatic carbocycles. The number of nitrogen functional groups attached to an aromatic ring is 1. The molecule has 0 aliphatic heterocycles. The number of amides is 2. The van der Waals surface area contributed by atoms with Crippen LogP contribution in [0, 0.1) is 83.1 Å². The van der Waals surface area contributed by atoms with Gasteiger partial charge in [-0.05, 0) is 242 Å². The zero-order valence-electron chi connectivity index (χ0n) is 75.5. The summed E-state index contributed by atoms with van der Waals surface area (Å²) in [6, 6.07) is 90.3. The second-order valence-corrected chi connectivity index (χ2v) is 30.9. The maximum atomic E-state index is 13.3. The van der Waals surface area contributed by atoms with Crippen LogP contribution in [0.2, 0.25) is 0 Å². The molecule has 1 fully saturated rings. The predicted octanol–water partition coefficient (Wildman–Crippen LogP) is 17.1. The van der Waals surface area contributed by atoms with E-state index in [0.717, 1.165) is 27.8 Å². The van der Waals surface area contributed by atoms with E-state index >= 15 is 0 Å². The molecule has 16 aromatic rings. The van der Waals surface area contributed by atoms with Crippen LogP contribution in [-0.4, -0.2) is 115 Å². The van der Waals surface area contributed by atoms with Crippen LogP contribution in [0.15, 0.2) is 339 Å². The molecule has 4 unspecified atom stereocenters. The fraction of sp³-hybridized carbons (Fsp3) is 0.135. The number of rotatable bonds is 23. The van der Waals surface area contributed by atoms with Crippen LogP contribution in [0.4, 0.5) is 34.1 Å². The van der Waals surface area contributed by atoms with E-state index in [2.05, 4.69) is 91.5 Å². The first-order chi connectivity index (χ1) is 66.3. The molecule has 0 bridgehead atoms. The topological polar surface area (TPSA) is 465 Å². The van der Waals surface area contributed by atoms with Crippen molar-refractivity contribution in [3.63, 3.8) is 0 Å². The molecule has 8 aromatic carbocycles. The Morgan fingerprint density at radius 1 is 0.522 bits per heavy atom. The number of aldehydes is 1. The number of carboxylic acids is 1. The van der Waals surface area contributed by atoms with Crippen molar-refractivity contribution in [3.8, 4) is 29.2 Å². The molecular formula is C104H93BrLiN19O13. The van der Waals surface area contributed by atoms with Crippen LogP contribution in [0.5, 0.6) is 0 Å². The zero-order valence-corrected chi connectivity index (χ0v) is 77.1. The number of anilines is 3. The minimum Gasteiger partial charge on any atom is -0.477 e. The van der Waals surface area contributed by atoms with Crippen molar-refractivity contribution >= 4 is 74.1 Å². The number of carbonyl (C=O) groups excluding carboxylic acids is 3. The first kappa shape index (κ1) is 105. The fourth-order valence-corrected chi connectivity index (χ4v) is 13.0. The number of aromatic nitrogens is 11. The van der Waals surface area contributed by atoms with Gasteiger partial charge in [-0.1, -0.05) is 129 Å². The van der Waals surface area contributed by atoms with E-state index in [4.69, 9.17) is 32.7 Å². The van der Waals surface area contributed by atoms with Gasteiger partial charge in [-0.2, -0.15) is 32.2 Å². The first-order valence-electron chi connectivity index (χ1n) is 42.5. The number of carboxylic acid groups (broad SMARTS) is 1. The van der Waals surface area contributed by atoms with Gasteiger partial charge in [-0.3, -0.25) is 54.5 Å². The third kappa shape index (κ3) is 32.0. The molecular weight excluding hydrogens is 1810 g/mol. The quantitative estimate of drug-likeness (QED) is 0.00595. The van der Waals surface area contributed by atoms with Gasteiger partial charge in [0.1, 0.15) is 46.7 Å². The molecule has 2 amide bonds. The molecule has 34 heteroatoms. The maximum absolute atomic E-state index is 13.3. The van der Waals surface area contributed by atoms with Crippen molar-refractivity contribution in [3.05, 3.63) is 473 Å². The molecule has 8 N–H and O–H groups in total. The van der Waals surface area contributed by atoms with Gasteiger partial charge in [-0.25, -0.2) is 28.7 Å². The average molecular weight is 1900 g/mol. The summed E-state index contributed by atoms with van der Waals surface area (Å²) in [7, 11) is 0. The zero-order chi connectivity index (χ0) is 98.1. The van der Waals surface area contributed by atoms with Crippen LogP contribution < -0.4 is 35.2 Å². The van der Waals surface area contributed by atoms with Crippen molar-refractivity contribution in [2.45, 2.75) is 77.8 Å². The molecule has 1 saturated carbocycles. The van der Waals surface area contributed by atoms with E-state index in [1.54, 1.807) is 213 Å². The van der Waals surface area contributed by atoms with E-state index in [-0.39, 0.29) is 53.8 Å². The first-order valence-corrected chi connectivity index (χ1v) is 43.3. The number of pyridine rings is 5. The number of benzene rings is 8. The number of unbranched alkanes of at least 4 members (excludes halogenated alkanes) is 1. The molecule has 32 nitrogen and oxygen atoms in total. The Hall–Kier alpha value is -16.8. The Morgan fingerprint density at radius 2 is 0.913 bits per heavy atom. The second kappa shape index (κ2) is 53.8. The minimum atomic E-state index is -1.05. The predicted molar refractivity (Wildman–Crippen MR) is 521 cm³/mol. The van der Waals surface area contributed by atoms with Gasteiger partial charge in [0.15, 0.2) is 11.4 Å². The number of aliphatic hydroxyl groups is 3.